The van der Waals surface area contributed by atoms with Crippen LogP contribution < -0.4 is 5.32 Å². The Bertz CT molecular complexity index is 1250. The van der Waals surface area contributed by atoms with Crippen molar-refractivity contribution in [2.75, 3.05) is 19.0 Å². The maximum absolute atomic E-state index is 13.0. The Morgan fingerprint density at radius 2 is 1.90 bits per heavy atom. The second-order valence-electron chi connectivity index (χ2n) is 7.17. The summed E-state index contributed by atoms with van der Waals surface area (Å²) in [5.74, 6) is -0.432. The normalized spacial score (nSPS) is 13.1. The molecule has 2 aromatic carbocycles. The number of benzene rings is 2. The Kier molecular flexibility index (Phi) is 5.86. The van der Waals surface area contributed by atoms with Crippen molar-refractivity contribution in [2.45, 2.75) is 22.6 Å². The molecule has 1 N–H and O–H groups in total. The van der Waals surface area contributed by atoms with E-state index in [9.17, 15) is 13.2 Å². The lowest BCUT2D eigenvalue weighted by atomic mass is 9.91. The molecule has 0 radical (unpaired) electrons. The molecule has 158 valence electrons. The van der Waals surface area contributed by atoms with Crippen LogP contribution in [0.1, 0.15) is 27.9 Å². The first-order chi connectivity index (χ1) is 15.0. The number of carbonyl (C=O) groups is 1. The lowest BCUT2D eigenvalue weighted by Gasteiger charge is -2.20. The molecule has 0 aliphatic heterocycles. The molecule has 1 aromatic heterocycles. The summed E-state index contributed by atoms with van der Waals surface area (Å²) in [6.45, 7) is 0.480. The zero-order valence-electron chi connectivity index (χ0n) is 17.0. The third-order valence-corrected chi connectivity index (χ3v) is 7.05. The standard InChI is InChI=1S/C24H22N2O4S/c1-30-24(27)22-12-13-25-16-23(22)26-15-18-7-5-6-17-14-20(10-11-21(17)18)31(28,29)19-8-3-2-4-9-19/h2-4,7-14,16,26H,5-6,15H2,1H3. The highest BCUT2D eigenvalue weighted by Gasteiger charge is 2.21. The molecule has 0 atom stereocenters. The zero-order valence-corrected chi connectivity index (χ0v) is 17.9. The highest BCUT2D eigenvalue weighted by atomic mass is 32.2. The molecule has 1 aliphatic rings. The molecule has 1 heterocycles. The number of aryl methyl sites for hydroxylation is 1. The third-order valence-electron chi connectivity index (χ3n) is 5.29. The van der Waals surface area contributed by atoms with E-state index >= 15 is 0 Å². The Morgan fingerprint density at radius 1 is 1.10 bits per heavy atom. The van der Waals surface area contributed by atoms with Crippen LogP contribution in [0.15, 0.2) is 82.9 Å². The van der Waals surface area contributed by atoms with Crippen LogP contribution in [-0.4, -0.2) is 33.0 Å². The number of anilines is 1. The molecule has 3 aromatic rings. The summed E-state index contributed by atoms with van der Waals surface area (Å²) < 4.78 is 30.8. The highest BCUT2D eigenvalue weighted by Crippen LogP contribution is 2.31. The number of nitrogens with one attached hydrogen (secondary N) is 1. The van der Waals surface area contributed by atoms with Gasteiger partial charge in [-0.25, -0.2) is 13.2 Å². The summed E-state index contributed by atoms with van der Waals surface area (Å²) in [4.78, 5) is 16.6. The molecule has 0 saturated heterocycles. The number of esters is 1. The molecule has 4 rings (SSSR count). The van der Waals surface area contributed by atoms with E-state index in [4.69, 9.17) is 4.74 Å². The molecule has 31 heavy (non-hydrogen) atoms. The molecule has 0 saturated carbocycles. The number of sulfone groups is 1. The minimum atomic E-state index is -3.56. The molecular weight excluding hydrogens is 412 g/mol. The summed E-state index contributed by atoms with van der Waals surface area (Å²) >= 11 is 0. The number of rotatable bonds is 6. The predicted molar refractivity (Wildman–Crippen MR) is 119 cm³/mol. The molecule has 0 amide bonds. The fraction of sp³-hybridized carbons (Fsp3) is 0.167. The fourth-order valence-corrected chi connectivity index (χ4v) is 5.02. The van der Waals surface area contributed by atoms with Gasteiger partial charge in [-0.2, -0.15) is 0 Å². The van der Waals surface area contributed by atoms with Gasteiger partial charge in [-0.3, -0.25) is 4.98 Å². The SMILES string of the molecule is COC(=O)c1ccncc1NCC1=CCCc2cc(S(=O)(=O)c3ccccc3)ccc21. The largest absolute Gasteiger partial charge is 0.465 e. The summed E-state index contributed by atoms with van der Waals surface area (Å²) in [7, 11) is -2.22. The first kappa shape index (κ1) is 20.8. The first-order valence-corrected chi connectivity index (χ1v) is 11.4. The fourth-order valence-electron chi connectivity index (χ4n) is 3.69. The van der Waals surface area contributed by atoms with Crippen LogP contribution in [0.3, 0.4) is 0 Å². The van der Waals surface area contributed by atoms with Gasteiger partial charge in [0.25, 0.3) is 0 Å². The van der Waals surface area contributed by atoms with Crippen molar-refractivity contribution in [3.8, 4) is 0 Å². The number of fused-ring (bicyclic) bond motifs is 1. The quantitative estimate of drug-likeness (QED) is 0.587. The minimum absolute atomic E-state index is 0.287. The van der Waals surface area contributed by atoms with Crippen LogP contribution in [0.25, 0.3) is 5.57 Å². The van der Waals surface area contributed by atoms with Crippen LogP contribution >= 0.6 is 0 Å². The summed E-state index contributed by atoms with van der Waals surface area (Å²) in [5.41, 5.74) is 4.05. The second kappa shape index (κ2) is 8.73. The van der Waals surface area contributed by atoms with E-state index in [1.807, 2.05) is 6.07 Å². The van der Waals surface area contributed by atoms with Gasteiger partial charge >= 0.3 is 5.97 Å². The molecular formula is C24H22N2O4S. The van der Waals surface area contributed by atoms with E-state index in [0.717, 1.165) is 29.5 Å². The molecule has 0 bridgehead atoms. The number of methoxy groups -OCH3 is 1. The Morgan fingerprint density at radius 3 is 2.68 bits per heavy atom. The highest BCUT2D eigenvalue weighted by molar-refractivity contribution is 7.91. The summed E-state index contributed by atoms with van der Waals surface area (Å²) in [6.07, 6.45) is 6.86. The van der Waals surface area contributed by atoms with E-state index in [1.165, 1.54) is 7.11 Å². The molecule has 1 aliphatic carbocycles. The van der Waals surface area contributed by atoms with Crippen molar-refractivity contribution in [1.82, 2.24) is 4.98 Å². The average Bonchev–Trinajstić information content (AvgIpc) is 2.82. The van der Waals surface area contributed by atoms with Crippen molar-refractivity contribution >= 4 is 27.1 Å². The molecule has 0 fully saturated rings. The maximum Gasteiger partial charge on any atom is 0.340 e. The molecule has 0 spiro atoms. The van der Waals surface area contributed by atoms with Gasteiger partial charge in [-0.05, 0) is 59.9 Å². The molecule has 0 unspecified atom stereocenters. The van der Waals surface area contributed by atoms with Gasteiger partial charge in [-0.1, -0.05) is 30.3 Å². The number of ether oxygens (including phenoxy) is 1. The van der Waals surface area contributed by atoms with Gasteiger partial charge in [0.15, 0.2) is 0 Å². The van der Waals surface area contributed by atoms with Crippen molar-refractivity contribution in [2.24, 2.45) is 0 Å². The Labute approximate surface area is 181 Å². The van der Waals surface area contributed by atoms with E-state index in [1.54, 1.807) is 60.9 Å². The van der Waals surface area contributed by atoms with E-state index < -0.39 is 15.8 Å². The third kappa shape index (κ3) is 4.22. The van der Waals surface area contributed by atoms with E-state index in [-0.39, 0.29) is 4.90 Å². The number of pyridine rings is 1. The second-order valence-corrected chi connectivity index (χ2v) is 9.12. The van der Waals surface area contributed by atoms with E-state index in [0.29, 0.717) is 22.7 Å². The zero-order chi connectivity index (χ0) is 21.8. The molecule has 7 heteroatoms. The summed E-state index contributed by atoms with van der Waals surface area (Å²) in [6, 6.07) is 15.4. The van der Waals surface area contributed by atoms with Gasteiger partial charge in [0.05, 0.1) is 34.3 Å². The topological polar surface area (TPSA) is 85.4 Å². The number of allylic oxidation sites excluding steroid dienone is 1. The van der Waals surface area contributed by atoms with Gasteiger partial charge < -0.3 is 10.1 Å². The number of hydrogen-bond acceptors (Lipinski definition) is 6. The first-order valence-electron chi connectivity index (χ1n) is 9.89. The van der Waals surface area contributed by atoms with Gasteiger partial charge in [0.2, 0.25) is 9.84 Å². The van der Waals surface area contributed by atoms with Crippen molar-refractivity contribution < 1.29 is 17.9 Å². The number of nitrogens with zero attached hydrogens (tertiary/aromatic N) is 1. The van der Waals surface area contributed by atoms with Crippen LogP contribution in [0.2, 0.25) is 0 Å². The lowest BCUT2D eigenvalue weighted by Crippen LogP contribution is -2.13. The molecule has 6 nitrogen and oxygen atoms in total. The Balaban J connectivity index is 1.58. The van der Waals surface area contributed by atoms with Crippen molar-refractivity contribution in [3.05, 3.63) is 89.8 Å². The smallest absolute Gasteiger partial charge is 0.340 e. The summed E-state index contributed by atoms with van der Waals surface area (Å²) in [5, 5.41) is 3.26. The Hall–Kier alpha value is -3.45. The number of aromatic nitrogens is 1. The van der Waals surface area contributed by atoms with Crippen LogP contribution in [0.5, 0.6) is 0 Å². The monoisotopic (exact) mass is 434 g/mol. The minimum Gasteiger partial charge on any atom is -0.465 e. The van der Waals surface area contributed by atoms with Crippen molar-refractivity contribution in [3.63, 3.8) is 0 Å². The van der Waals surface area contributed by atoms with Crippen molar-refractivity contribution in [1.29, 1.82) is 0 Å². The predicted octanol–water partition coefficient (Wildman–Crippen LogP) is 4.14. The average molecular weight is 435 g/mol. The number of hydrogen-bond donors (Lipinski definition) is 1. The van der Waals surface area contributed by atoms with E-state index in [2.05, 4.69) is 16.4 Å². The lowest BCUT2D eigenvalue weighted by molar-refractivity contribution is 0.0601. The van der Waals surface area contributed by atoms with Gasteiger partial charge in [0, 0.05) is 12.7 Å². The van der Waals surface area contributed by atoms with Crippen LogP contribution in [0, 0.1) is 0 Å². The van der Waals surface area contributed by atoms with Crippen LogP contribution in [-0.2, 0) is 21.0 Å². The number of carbonyl (C=O) groups excluding carboxylic acids is 1. The van der Waals surface area contributed by atoms with Crippen LogP contribution in [0.4, 0.5) is 5.69 Å². The maximum atomic E-state index is 13.0. The van der Waals surface area contributed by atoms with Gasteiger partial charge in [0.1, 0.15) is 0 Å². The van der Waals surface area contributed by atoms with Gasteiger partial charge in [-0.15, -0.1) is 0 Å².